The van der Waals surface area contributed by atoms with E-state index in [1.807, 2.05) is 49.3 Å². The molecule has 2 aromatic rings. The predicted octanol–water partition coefficient (Wildman–Crippen LogP) is 3.09. The summed E-state index contributed by atoms with van der Waals surface area (Å²) < 4.78 is 31.6. The minimum Gasteiger partial charge on any atom is -0.497 e. The molecule has 28 heavy (non-hydrogen) atoms. The summed E-state index contributed by atoms with van der Waals surface area (Å²) in [5, 5.41) is 11.2. The number of hydrogen-bond donors (Lipinski definition) is 1. The van der Waals surface area contributed by atoms with Crippen molar-refractivity contribution in [3.05, 3.63) is 60.2 Å². The molecule has 1 N–H and O–H groups in total. The molecule has 2 aromatic carbocycles. The molecule has 0 amide bonds. The van der Waals surface area contributed by atoms with Crippen LogP contribution < -0.4 is 4.74 Å². The topological polar surface area (TPSA) is 66.8 Å². The summed E-state index contributed by atoms with van der Waals surface area (Å²) >= 11 is 0. The summed E-state index contributed by atoms with van der Waals surface area (Å²) in [5.74, 6) is 0.486. The van der Waals surface area contributed by atoms with Gasteiger partial charge < -0.3 is 14.7 Å². The van der Waals surface area contributed by atoms with Crippen LogP contribution in [0.5, 0.6) is 5.75 Å². The highest BCUT2D eigenvalue weighted by Crippen LogP contribution is 2.45. The Morgan fingerprint density at radius 2 is 1.86 bits per heavy atom. The van der Waals surface area contributed by atoms with Gasteiger partial charge in [0.25, 0.3) is 0 Å². The van der Waals surface area contributed by atoms with Gasteiger partial charge in [-0.05, 0) is 63.2 Å². The first kappa shape index (κ1) is 20.8. The van der Waals surface area contributed by atoms with Crippen molar-refractivity contribution in [2.45, 2.75) is 35.0 Å². The van der Waals surface area contributed by atoms with Gasteiger partial charge in [-0.25, -0.2) is 8.42 Å². The third-order valence-corrected chi connectivity index (χ3v) is 7.97. The molecule has 3 atom stereocenters. The zero-order valence-corrected chi connectivity index (χ0v) is 17.5. The normalized spacial score (nSPS) is 25.6. The van der Waals surface area contributed by atoms with Gasteiger partial charge in [-0.2, -0.15) is 0 Å². The molecular weight excluding hydrogens is 374 g/mol. The molecule has 0 aliphatic heterocycles. The van der Waals surface area contributed by atoms with Gasteiger partial charge in [0.05, 0.1) is 22.9 Å². The largest absolute Gasteiger partial charge is 0.497 e. The standard InChI is InChI=1S/C22H29NO4S/c1-23(2)16-18-15-21(28(25,26)20-10-5-4-6-11-20)12-13-22(18,24)17-8-7-9-19(14-17)27-3/h4-11,14,18,21,24H,12-13,15-16H2,1-3H3. The fraction of sp³-hybridized carbons (Fsp3) is 0.455. The van der Waals surface area contributed by atoms with Crippen molar-refractivity contribution in [3.63, 3.8) is 0 Å². The fourth-order valence-corrected chi connectivity index (χ4v) is 6.07. The van der Waals surface area contributed by atoms with Crippen molar-refractivity contribution >= 4 is 9.84 Å². The second kappa shape index (κ2) is 8.23. The Bertz CT molecular complexity index is 898. The quantitative estimate of drug-likeness (QED) is 0.803. The van der Waals surface area contributed by atoms with Crippen LogP contribution in [-0.2, 0) is 15.4 Å². The SMILES string of the molecule is COc1cccc(C2(O)CCC(S(=O)(=O)c3ccccc3)CC2CN(C)C)c1. The van der Waals surface area contributed by atoms with Crippen molar-refractivity contribution in [2.24, 2.45) is 5.92 Å². The number of aliphatic hydroxyl groups is 1. The van der Waals surface area contributed by atoms with Crippen LogP contribution in [0.4, 0.5) is 0 Å². The second-order valence-electron chi connectivity index (χ2n) is 7.87. The van der Waals surface area contributed by atoms with Crippen molar-refractivity contribution in [3.8, 4) is 5.75 Å². The molecule has 0 saturated heterocycles. The van der Waals surface area contributed by atoms with E-state index in [1.54, 1.807) is 31.4 Å². The van der Waals surface area contributed by atoms with E-state index in [2.05, 4.69) is 0 Å². The Morgan fingerprint density at radius 3 is 2.50 bits per heavy atom. The van der Waals surface area contributed by atoms with Crippen LogP contribution >= 0.6 is 0 Å². The summed E-state index contributed by atoms with van der Waals surface area (Å²) in [7, 11) is 2.06. The lowest BCUT2D eigenvalue weighted by Gasteiger charge is -2.44. The van der Waals surface area contributed by atoms with Gasteiger partial charge >= 0.3 is 0 Å². The van der Waals surface area contributed by atoms with Gasteiger partial charge in [-0.15, -0.1) is 0 Å². The summed E-state index contributed by atoms with van der Waals surface area (Å²) in [4.78, 5) is 2.36. The van der Waals surface area contributed by atoms with Crippen molar-refractivity contribution < 1.29 is 18.3 Å². The molecule has 0 bridgehead atoms. The Balaban J connectivity index is 1.94. The molecule has 1 aliphatic carbocycles. The van der Waals surface area contributed by atoms with Crippen molar-refractivity contribution in [1.29, 1.82) is 0 Å². The zero-order valence-electron chi connectivity index (χ0n) is 16.7. The molecule has 152 valence electrons. The first-order chi connectivity index (χ1) is 13.3. The molecule has 3 rings (SSSR count). The predicted molar refractivity (Wildman–Crippen MR) is 110 cm³/mol. The zero-order chi connectivity index (χ0) is 20.4. The highest BCUT2D eigenvalue weighted by Gasteiger charge is 2.47. The maximum absolute atomic E-state index is 13.2. The molecule has 0 heterocycles. The molecule has 1 saturated carbocycles. The first-order valence-electron chi connectivity index (χ1n) is 9.58. The molecule has 5 nitrogen and oxygen atoms in total. The van der Waals surface area contributed by atoms with E-state index >= 15 is 0 Å². The van der Waals surface area contributed by atoms with E-state index in [-0.39, 0.29) is 5.92 Å². The minimum absolute atomic E-state index is 0.202. The maximum Gasteiger partial charge on any atom is 0.181 e. The van der Waals surface area contributed by atoms with E-state index < -0.39 is 20.7 Å². The Labute approximate surface area is 167 Å². The van der Waals surface area contributed by atoms with E-state index in [0.717, 1.165) is 5.56 Å². The van der Waals surface area contributed by atoms with Crippen LogP contribution in [0.2, 0.25) is 0 Å². The second-order valence-corrected chi connectivity index (χ2v) is 10.1. The third-order valence-electron chi connectivity index (χ3n) is 5.74. The number of ether oxygens (including phenoxy) is 1. The van der Waals surface area contributed by atoms with Crippen LogP contribution in [0, 0.1) is 5.92 Å². The summed E-state index contributed by atoms with van der Waals surface area (Å²) in [6, 6.07) is 16.1. The number of methoxy groups -OCH3 is 1. The Kier molecular flexibility index (Phi) is 6.12. The van der Waals surface area contributed by atoms with E-state index in [0.29, 0.717) is 36.5 Å². The summed E-state index contributed by atoms with van der Waals surface area (Å²) in [5.41, 5.74) is -0.295. The van der Waals surface area contributed by atoms with Crippen molar-refractivity contribution in [2.75, 3.05) is 27.7 Å². The molecule has 1 fully saturated rings. The van der Waals surface area contributed by atoms with Crippen LogP contribution in [0.1, 0.15) is 24.8 Å². The monoisotopic (exact) mass is 403 g/mol. The number of benzene rings is 2. The van der Waals surface area contributed by atoms with E-state index in [9.17, 15) is 13.5 Å². The maximum atomic E-state index is 13.2. The highest BCUT2D eigenvalue weighted by atomic mass is 32.2. The molecule has 1 aliphatic rings. The summed E-state index contributed by atoms with van der Waals surface area (Å²) in [6.45, 7) is 0.606. The number of rotatable bonds is 6. The number of hydrogen-bond acceptors (Lipinski definition) is 5. The number of nitrogens with zero attached hydrogens (tertiary/aromatic N) is 1. The molecule has 3 unspecified atom stereocenters. The van der Waals surface area contributed by atoms with Gasteiger partial charge in [0.2, 0.25) is 0 Å². The average Bonchev–Trinajstić information content (AvgIpc) is 2.70. The smallest absolute Gasteiger partial charge is 0.181 e. The van der Waals surface area contributed by atoms with Gasteiger partial charge in [0, 0.05) is 12.5 Å². The fourth-order valence-electron chi connectivity index (χ4n) is 4.24. The first-order valence-corrected chi connectivity index (χ1v) is 11.1. The van der Waals surface area contributed by atoms with Crippen LogP contribution in [0.25, 0.3) is 0 Å². The summed E-state index contributed by atoms with van der Waals surface area (Å²) in [6.07, 6.45) is 1.24. The van der Waals surface area contributed by atoms with Gasteiger partial charge in [-0.1, -0.05) is 30.3 Å². The molecule has 0 spiro atoms. The lowest BCUT2D eigenvalue weighted by Crippen LogP contribution is -2.47. The molecule has 0 aromatic heterocycles. The Hall–Kier alpha value is -1.89. The van der Waals surface area contributed by atoms with Crippen molar-refractivity contribution in [1.82, 2.24) is 4.90 Å². The lowest BCUT2D eigenvalue weighted by atomic mass is 9.71. The highest BCUT2D eigenvalue weighted by molar-refractivity contribution is 7.92. The molecule has 6 heteroatoms. The molecular formula is C22H29NO4S. The average molecular weight is 404 g/mol. The van der Waals surface area contributed by atoms with Gasteiger partial charge in [-0.3, -0.25) is 0 Å². The van der Waals surface area contributed by atoms with E-state index in [1.165, 1.54) is 0 Å². The minimum atomic E-state index is -3.43. The van der Waals surface area contributed by atoms with Gasteiger partial charge in [0.15, 0.2) is 9.84 Å². The van der Waals surface area contributed by atoms with Crippen LogP contribution in [0.3, 0.4) is 0 Å². The van der Waals surface area contributed by atoms with Crippen LogP contribution in [-0.4, -0.2) is 51.4 Å². The van der Waals surface area contributed by atoms with Gasteiger partial charge in [0.1, 0.15) is 5.75 Å². The molecule has 0 radical (unpaired) electrons. The number of sulfone groups is 1. The van der Waals surface area contributed by atoms with Crippen LogP contribution in [0.15, 0.2) is 59.5 Å². The van der Waals surface area contributed by atoms with E-state index in [4.69, 9.17) is 4.74 Å². The Morgan fingerprint density at radius 1 is 1.14 bits per heavy atom. The lowest BCUT2D eigenvalue weighted by molar-refractivity contribution is -0.0609. The third kappa shape index (κ3) is 4.09.